The summed E-state index contributed by atoms with van der Waals surface area (Å²) in [5.74, 6) is 0. The molecular formula is C27H20N4O2. The molecule has 0 atom stereocenters. The van der Waals surface area contributed by atoms with Crippen molar-refractivity contribution in [1.82, 2.24) is 4.57 Å². The fraction of sp³-hybridized carbons (Fsp3) is 0. The summed E-state index contributed by atoms with van der Waals surface area (Å²) in [4.78, 5) is 10.9. The zero-order valence-corrected chi connectivity index (χ0v) is 17.6. The van der Waals surface area contributed by atoms with Gasteiger partial charge in [0.15, 0.2) is 0 Å². The first-order valence-corrected chi connectivity index (χ1v) is 10.5. The molecular weight excluding hydrogens is 412 g/mol. The predicted molar refractivity (Wildman–Crippen MR) is 133 cm³/mol. The number of aromatic nitrogens is 1. The second-order valence-corrected chi connectivity index (χ2v) is 7.46. The Morgan fingerprint density at radius 3 is 2.18 bits per heavy atom. The van der Waals surface area contributed by atoms with Crippen molar-refractivity contribution < 1.29 is 4.92 Å². The first kappa shape index (κ1) is 20.2. The number of hydrogen-bond donors (Lipinski definition) is 1. The predicted octanol–water partition coefficient (Wildman–Crippen LogP) is 6.65. The highest BCUT2D eigenvalue weighted by atomic mass is 16.6. The first-order chi connectivity index (χ1) is 16.2. The van der Waals surface area contributed by atoms with Crippen LogP contribution in [0.4, 0.5) is 11.4 Å². The molecule has 0 saturated heterocycles. The Balaban J connectivity index is 1.69. The minimum Gasteiger partial charge on any atom is -0.309 e. The van der Waals surface area contributed by atoms with Crippen LogP contribution in [0.1, 0.15) is 5.56 Å². The van der Waals surface area contributed by atoms with Crippen molar-refractivity contribution >= 4 is 28.5 Å². The quantitative estimate of drug-likeness (QED) is 0.185. The second kappa shape index (κ2) is 8.80. The van der Waals surface area contributed by atoms with Gasteiger partial charge in [0.25, 0.3) is 5.69 Å². The Morgan fingerprint density at radius 2 is 1.42 bits per heavy atom. The number of benzene rings is 4. The summed E-state index contributed by atoms with van der Waals surface area (Å²) >= 11 is 0. The minimum absolute atomic E-state index is 0.0235. The van der Waals surface area contributed by atoms with Gasteiger partial charge in [-0.05, 0) is 29.8 Å². The number of rotatable bonds is 6. The van der Waals surface area contributed by atoms with Gasteiger partial charge in [0.1, 0.15) is 5.69 Å². The van der Waals surface area contributed by atoms with E-state index in [1.54, 1.807) is 24.4 Å². The number of para-hydroxylation sites is 4. The summed E-state index contributed by atoms with van der Waals surface area (Å²) in [6.07, 6.45) is 1.74. The highest BCUT2D eigenvalue weighted by Gasteiger charge is 2.18. The molecule has 0 unspecified atom stereocenters. The van der Waals surface area contributed by atoms with Gasteiger partial charge in [0.05, 0.1) is 22.3 Å². The van der Waals surface area contributed by atoms with Crippen molar-refractivity contribution in [1.29, 1.82) is 0 Å². The molecule has 6 heteroatoms. The molecule has 0 spiro atoms. The van der Waals surface area contributed by atoms with Crippen LogP contribution >= 0.6 is 0 Å². The van der Waals surface area contributed by atoms with Gasteiger partial charge in [0.2, 0.25) is 0 Å². The maximum absolute atomic E-state index is 11.3. The molecule has 33 heavy (non-hydrogen) atoms. The lowest BCUT2D eigenvalue weighted by Crippen LogP contribution is -1.99. The molecule has 1 heterocycles. The Bertz CT molecular complexity index is 1460. The van der Waals surface area contributed by atoms with Gasteiger partial charge in [-0.1, -0.05) is 78.9 Å². The van der Waals surface area contributed by atoms with Gasteiger partial charge >= 0.3 is 0 Å². The Kier molecular flexibility index (Phi) is 5.39. The molecule has 1 N–H and O–H groups in total. The number of fused-ring (bicyclic) bond motifs is 1. The first-order valence-electron chi connectivity index (χ1n) is 10.5. The van der Waals surface area contributed by atoms with Crippen LogP contribution in [0.3, 0.4) is 0 Å². The van der Waals surface area contributed by atoms with E-state index in [4.69, 9.17) is 0 Å². The van der Waals surface area contributed by atoms with E-state index in [0.29, 0.717) is 5.69 Å². The normalized spacial score (nSPS) is 11.2. The fourth-order valence-electron chi connectivity index (χ4n) is 4.02. The number of hydrogen-bond acceptors (Lipinski definition) is 4. The molecule has 160 valence electrons. The monoisotopic (exact) mass is 432 g/mol. The van der Waals surface area contributed by atoms with E-state index in [0.717, 1.165) is 33.4 Å². The fourth-order valence-corrected chi connectivity index (χ4v) is 4.02. The average molecular weight is 432 g/mol. The maximum Gasteiger partial charge on any atom is 0.294 e. The number of nitrogens with zero attached hydrogens (tertiary/aromatic N) is 3. The van der Waals surface area contributed by atoms with Crippen LogP contribution in [0.15, 0.2) is 114 Å². The summed E-state index contributed by atoms with van der Waals surface area (Å²) in [6.45, 7) is 0. The molecule has 0 radical (unpaired) electrons. The zero-order valence-electron chi connectivity index (χ0n) is 17.6. The van der Waals surface area contributed by atoms with Crippen LogP contribution in [-0.4, -0.2) is 15.7 Å². The largest absolute Gasteiger partial charge is 0.309 e. The van der Waals surface area contributed by atoms with E-state index in [1.807, 2.05) is 48.5 Å². The van der Waals surface area contributed by atoms with Gasteiger partial charge in [0, 0.05) is 22.7 Å². The van der Waals surface area contributed by atoms with Crippen molar-refractivity contribution in [3.8, 4) is 16.9 Å². The molecule has 0 saturated carbocycles. The van der Waals surface area contributed by atoms with Crippen LogP contribution in [0.2, 0.25) is 0 Å². The van der Waals surface area contributed by atoms with E-state index in [-0.39, 0.29) is 5.69 Å². The molecule has 1 aromatic heterocycles. The summed E-state index contributed by atoms with van der Waals surface area (Å²) in [7, 11) is 0. The molecule has 6 nitrogen and oxygen atoms in total. The van der Waals surface area contributed by atoms with Crippen LogP contribution in [-0.2, 0) is 0 Å². The van der Waals surface area contributed by atoms with E-state index < -0.39 is 4.92 Å². The number of nitro benzene ring substituents is 1. The Labute approximate surface area is 190 Å². The third-order valence-electron chi connectivity index (χ3n) is 5.45. The standard InChI is InChI=1S/C27H20N4O2/c32-31(33)26-18-10-8-16-24(26)29-28-19-23-22-15-7-9-17-25(22)30(21-13-5-2-6-14-21)27(23)20-11-3-1-4-12-20/h1-19,29H. The minimum atomic E-state index is -0.422. The lowest BCUT2D eigenvalue weighted by Gasteiger charge is -2.12. The van der Waals surface area contributed by atoms with Crippen LogP contribution < -0.4 is 5.43 Å². The summed E-state index contributed by atoms with van der Waals surface area (Å²) in [5.41, 5.74) is 8.23. The van der Waals surface area contributed by atoms with Crippen molar-refractivity contribution in [2.75, 3.05) is 5.43 Å². The van der Waals surface area contributed by atoms with Gasteiger partial charge in [-0.3, -0.25) is 15.5 Å². The van der Waals surface area contributed by atoms with Crippen LogP contribution in [0.5, 0.6) is 0 Å². The van der Waals surface area contributed by atoms with Gasteiger partial charge in [-0.2, -0.15) is 5.10 Å². The Morgan fingerprint density at radius 1 is 0.788 bits per heavy atom. The number of anilines is 1. The van der Waals surface area contributed by atoms with E-state index in [1.165, 1.54) is 6.07 Å². The molecule has 0 aliphatic carbocycles. The smallest absolute Gasteiger partial charge is 0.294 e. The van der Waals surface area contributed by atoms with Gasteiger partial charge < -0.3 is 4.57 Å². The lowest BCUT2D eigenvalue weighted by atomic mass is 10.1. The third-order valence-corrected chi connectivity index (χ3v) is 5.45. The second-order valence-electron chi connectivity index (χ2n) is 7.46. The maximum atomic E-state index is 11.3. The number of nitro groups is 1. The highest BCUT2D eigenvalue weighted by Crippen LogP contribution is 2.35. The Hall–Kier alpha value is -4.71. The lowest BCUT2D eigenvalue weighted by molar-refractivity contribution is -0.384. The van der Waals surface area contributed by atoms with E-state index >= 15 is 0 Å². The highest BCUT2D eigenvalue weighted by molar-refractivity contribution is 6.07. The molecule has 5 aromatic rings. The van der Waals surface area contributed by atoms with Crippen molar-refractivity contribution in [3.63, 3.8) is 0 Å². The van der Waals surface area contributed by atoms with E-state index in [9.17, 15) is 10.1 Å². The topological polar surface area (TPSA) is 72.5 Å². The third kappa shape index (κ3) is 3.85. The number of nitrogens with one attached hydrogen (secondary N) is 1. The number of hydrazone groups is 1. The average Bonchev–Trinajstić information content (AvgIpc) is 3.19. The molecule has 5 rings (SSSR count). The van der Waals surface area contributed by atoms with E-state index in [2.05, 4.69) is 51.5 Å². The molecule has 0 aliphatic heterocycles. The molecule has 0 bridgehead atoms. The summed E-state index contributed by atoms with van der Waals surface area (Å²) in [5, 5.41) is 16.8. The van der Waals surface area contributed by atoms with Gasteiger partial charge in [-0.15, -0.1) is 0 Å². The van der Waals surface area contributed by atoms with Crippen LogP contribution in [0.25, 0.3) is 27.8 Å². The molecule has 0 amide bonds. The van der Waals surface area contributed by atoms with Crippen molar-refractivity contribution in [3.05, 3.63) is 125 Å². The van der Waals surface area contributed by atoms with Crippen molar-refractivity contribution in [2.24, 2.45) is 5.10 Å². The van der Waals surface area contributed by atoms with Gasteiger partial charge in [-0.25, -0.2) is 0 Å². The van der Waals surface area contributed by atoms with Crippen LogP contribution in [0, 0.1) is 10.1 Å². The molecule has 0 fully saturated rings. The van der Waals surface area contributed by atoms with Crippen molar-refractivity contribution in [2.45, 2.75) is 0 Å². The summed E-state index contributed by atoms with van der Waals surface area (Å²) < 4.78 is 2.22. The SMILES string of the molecule is O=[N+]([O-])c1ccccc1NN=Cc1c(-c2ccccc2)n(-c2ccccc2)c2ccccc12. The molecule has 4 aromatic carbocycles. The molecule has 0 aliphatic rings. The zero-order chi connectivity index (χ0) is 22.6. The summed E-state index contributed by atoms with van der Waals surface area (Å²) in [6, 6.07) is 35.0.